The smallest absolute Gasteiger partial charge is 0.0792 e. The summed E-state index contributed by atoms with van der Waals surface area (Å²) < 4.78 is 0. The molecule has 0 aromatic heterocycles. The van der Waals surface area contributed by atoms with Gasteiger partial charge in [0.1, 0.15) is 0 Å². The fraction of sp³-hybridized carbons (Fsp3) is 0.667. The van der Waals surface area contributed by atoms with E-state index in [9.17, 15) is 0 Å². The summed E-state index contributed by atoms with van der Waals surface area (Å²) in [6, 6.07) is 0. The van der Waals surface area contributed by atoms with Crippen LogP contribution in [0.1, 0.15) is 34.1 Å². The highest BCUT2D eigenvalue weighted by Gasteiger charge is 2.14. The number of nitrogens with one attached hydrogen (secondary N) is 1. The molecule has 0 aromatic carbocycles. The summed E-state index contributed by atoms with van der Waals surface area (Å²) in [7, 11) is 0. The lowest BCUT2D eigenvalue weighted by molar-refractivity contribution is 0.486. The van der Waals surface area contributed by atoms with Crippen molar-refractivity contribution in [3.63, 3.8) is 0 Å². The van der Waals surface area contributed by atoms with E-state index in [4.69, 9.17) is 12.2 Å². The second kappa shape index (κ2) is 3.86. The average molecular weight is 171 g/mol. The molecule has 64 valence electrons. The number of hydrogen-bond acceptors (Lipinski definition) is 1. The van der Waals surface area contributed by atoms with Crippen molar-refractivity contribution >= 4 is 17.2 Å². The van der Waals surface area contributed by atoms with Gasteiger partial charge in [-0.2, -0.15) is 0 Å². The van der Waals surface area contributed by atoms with Gasteiger partial charge >= 0.3 is 0 Å². The highest BCUT2D eigenvalue weighted by atomic mass is 32.1. The van der Waals surface area contributed by atoms with Crippen LogP contribution in [0.15, 0.2) is 12.3 Å². The van der Waals surface area contributed by atoms with Gasteiger partial charge in [0, 0.05) is 11.1 Å². The molecule has 2 heteroatoms. The third-order valence-corrected chi connectivity index (χ3v) is 1.91. The van der Waals surface area contributed by atoms with E-state index in [2.05, 4.69) is 32.7 Å². The Morgan fingerprint density at radius 3 is 2.18 bits per heavy atom. The first kappa shape index (κ1) is 10.6. The van der Waals surface area contributed by atoms with E-state index < -0.39 is 0 Å². The van der Waals surface area contributed by atoms with Crippen molar-refractivity contribution < 1.29 is 0 Å². The monoisotopic (exact) mass is 171 g/mol. The molecular weight excluding hydrogens is 154 g/mol. The van der Waals surface area contributed by atoms with Gasteiger partial charge in [0.05, 0.1) is 4.99 Å². The lowest BCUT2D eigenvalue weighted by atomic mass is 9.93. The van der Waals surface area contributed by atoms with Crippen molar-refractivity contribution in [2.75, 3.05) is 0 Å². The Hall–Kier alpha value is -0.370. The van der Waals surface area contributed by atoms with Gasteiger partial charge in [-0.3, -0.25) is 0 Å². The summed E-state index contributed by atoms with van der Waals surface area (Å²) in [5, 5.41) is 3.11. The number of thiocarbonyl (C=S) groups is 1. The third-order valence-electron chi connectivity index (χ3n) is 1.52. The van der Waals surface area contributed by atoms with Gasteiger partial charge in [-0.1, -0.05) is 46.5 Å². The van der Waals surface area contributed by atoms with Gasteiger partial charge in [0.15, 0.2) is 0 Å². The lowest BCUT2D eigenvalue weighted by Gasteiger charge is -2.23. The van der Waals surface area contributed by atoms with E-state index >= 15 is 0 Å². The van der Waals surface area contributed by atoms with E-state index in [-0.39, 0.29) is 5.41 Å². The zero-order valence-corrected chi connectivity index (χ0v) is 8.64. The molecule has 0 amide bonds. The first-order valence-corrected chi connectivity index (χ1v) is 4.28. The molecule has 0 heterocycles. The summed E-state index contributed by atoms with van der Waals surface area (Å²) in [6.45, 7) is 12.3. The molecule has 1 N–H and O–H groups in total. The van der Waals surface area contributed by atoms with Crippen molar-refractivity contribution in [1.29, 1.82) is 0 Å². The Labute approximate surface area is 74.9 Å². The molecule has 0 atom stereocenters. The molecule has 11 heavy (non-hydrogen) atoms. The number of hydrogen-bond donors (Lipinski definition) is 1. The van der Waals surface area contributed by atoms with Crippen molar-refractivity contribution in [3.8, 4) is 0 Å². The van der Waals surface area contributed by atoms with Crippen molar-refractivity contribution in [2.45, 2.75) is 34.1 Å². The van der Waals surface area contributed by atoms with Crippen LogP contribution in [0.2, 0.25) is 0 Å². The van der Waals surface area contributed by atoms with Crippen molar-refractivity contribution in [3.05, 3.63) is 12.3 Å². The number of allylic oxidation sites excluding steroid dienone is 1. The maximum atomic E-state index is 5.03. The maximum absolute atomic E-state index is 5.03. The van der Waals surface area contributed by atoms with E-state index in [1.54, 1.807) is 0 Å². The summed E-state index contributed by atoms with van der Waals surface area (Å²) in [4.78, 5) is 0.866. The van der Waals surface area contributed by atoms with Crippen LogP contribution < -0.4 is 5.32 Å². The Bertz CT molecular complexity index is 165. The quantitative estimate of drug-likeness (QED) is 0.641. The Balaban J connectivity index is 3.99. The van der Waals surface area contributed by atoms with Crippen LogP contribution in [0, 0.1) is 5.41 Å². The molecule has 0 saturated carbocycles. The van der Waals surface area contributed by atoms with Gasteiger partial charge < -0.3 is 5.32 Å². The first-order chi connectivity index (χ1) is 4.88. The summed E-state index contributed by atoms with van der Waals surface area (Å²) in [5.41, 5.74) is 1.09. The number of rotatable bonds is 2. The van der Waals surface area contributed by atoms with Crippen molar-refractivity contribution in [2.24, 2.45) is 5.41 Å². The van der Waals surface area contributed by atoms with Crippen LogP contribution >= 0.6 is 12.2 Å². The molecule has 0 aliphatic carbocycles. The zero-order chi connectivity index (χ0) is 9.07. The minimum absolute atomic E-state index is 0.0965. The van der Waals surface area contributed by atoms with Crippen LogP contribution in [-0.4, -0.2) is 4.99 Å². The molecule has 0 aliphatic heterocycles. The third kappa shape index (κ3) is 4.14. The summed E-state index contributed by atoms with van der Waals surface area (Å²) in [5.74, 6) is 0. The SMILES string of the molecule is C=C(NC(=S)CC)C(C)(C)C. The molecule has 0 aliphatic rings. The normalized spacial score (nSPS) is 10.9. The minimum atomic E-state index is 0.0965. The molecule has 1 nitrogen and oxygen atoms in total. The second-order valence-corrected chi connectivity index (χ2v) is 4.12. The Morgan fingerprint density at radius 2 is 1.91 bits per heavy atom. The van der Waals surface area contributed by atoms with Crippen LogP contribution in [0.3, 0.4) is 0 Å². The van der Waals surface area contributed by atoms with Crippen LogP contribution in [0.5, 0.6) is 0 Å². The van der Waals surface area contributed by atoms with Gasteiger partial charge in [0.25, 0.3) is 0 Å². The predicted molar refractivity (Wildman–Crippen MR) is 54.6 cm³/mol. The highest BCUT2D eigenvalue weighted by Crippen LogP contribution is 2.20. The van der Waals surface area contributed by atoms with Crippen LogP contribution in [0.4, 0.5) is 0 Å². The molecule has 0 unspecified atom stereocenters. The first-order valence-electron chi connectivity index (χ1n) is 3.87. The lowest BCUT2D eigenvalue weighted by Crippen LogP contribution is -2.27. The van der Waals surface area contributed by atoms with Crippen LogP contribution in [-0.2, 0) is 0 Å². The fourth-order valence-electron chi connectivity index (χ4n) is 0.444. The van der Waals surface area contributed by atoms with Gasteiger partial charge in [-0.15, -0.1) is 0 Å². The molecule has 0 saturated heterocycles. The van der Waals surface area contributed by atoms with Gasteiger partial charge in [-0.05, 0) is 6.42 Å². The predicted octanol–water partition coefficient (Wildman–Crippen LogP) is 2.87. The molecule has 0 fully saturated rings. The summed E-state index contributed by atoms with van der Waals surface area (Å²) >= 11 is 5.03. The standard InChI is InChI=1S/C9H17NS/c1-6-8(11)10-7(2)9(3,4)5/h2,6H2,1,3-5H3,(H,10,11). The molecule has 0 aromatic rings. The Morgan fingerprint density at radius 1 is 1.45 bits per heavy atom. The zero-order valence-electron chi connectivity index (χ0n) is 7.82. The fourth-order valence-corrected chi connectivity index (χ4v) is 0.567. The topological polar surface area (TPSA) is 12.0 Å². The average Bonchev–Trinajstić information content (AvgIpc) is 1.85. The van der Waals surface area contributed by atoms with Crippen molar-refractivity contribution in [1.82, 2.24) is 5.32 Å². The van der Waals surface area contributed by atoms with Crippen LogP contribution in [0.25, 0.3) is 0 Å². The van der Waals surface area contributed by atoms with E-state index in [0.29, 0.717) is 0 Å². The maximum Gasteiger partial charge on any atom is 0.0792 e. The largest absolute Gasteiger partial charge is 0.354 e. The van der Waals surface area contributed by atoms with E-state index in [1.807, 2.05) is 6.92 Å². The second-order valence-electron chi connectivity index (χ2n) is 3.63. The summed E-state index contributed by atoms with van der Waals surface area (Å²) in [6.07, 6.45) is 0.879. The molecule has 0 bridgehead atoms. The minimum Gasteiger partial charge on any atom is -0.354 e. The molecule has 0 rings (SSSR count). The van der Waals surface area contributed by atoms with E-state index in [1.165, 1.54) is 0 Å². The van der Waals surface area contributed by atoms with Gasteiger partial charge in [-0.25, -0.2) is 0 Å². The van der Waals surface area contributed by atoms with Gasteiger partial charge in [0.2, 0.25) is 0 Å². The Kier molecular flexibility index (Phi) is 3.73. The molecule has 0 spiro atoms. The molecular formula is C9H17NS. The van der Waals surface area contributed by atoms with E-state index in [0.717, 1.165) is 17.1 Å². The highest BCUT2D eigenvalue weighted by molar-refractivity contribution is 7.80. The molecule has 0 radical (unpaired) electrons.